The number of thiophene rings is 1. The average molecular weight is 836 g/mol. The van der Waals surface area contributed by atoms with E-state index in [9.17, 15) is 0 Å². The third-order valence-corrected chi connectivity index (χ3v) is 15.2. The van der Waals surface area contributed by atoms with Crippen LogP contribution >= 0.6 is 11.3 Å². The normalized spacial score (nSPS) is 13.6. The van der Waals surface area contributed by atoms with Crippen LogP contribution < -0.4 is 0 Å². The first-order chi connectivity index (χ1) is 31.7. The van der Waals surface area contributed by atoms with Crippen LogP contribution in [-0.2, 0) is 12.8 Å². The zero-order chi connectivity index (χ0) is 41.9. The Labute approximate surface area is 374 Å². The molecule has 2 aliphatic rings. The van der Waals surface area contributed by atoms with Crippen LogP contribution in [-0.4, -0.2) is 13.7 Å². The van der Waals surface area contributed by atoms with E-state index in [1.54, 1.807) is 0 Å². The van der Waals surface area contributed by atoms with Crippen LogP contribution in [0.1, 0.15) is 34.5 Å². The number of aryl methyl sites for hydroxylation is 1. The smallest absolute Gasteiger partial charge is 0.0542 e. The molecular formula is C60H41N3S. The van der Waals surface area contributed by atoms with Gasteiger partial charge in [-0.3, -0.25) is 0 Å². The highest BCUT2D eigenvalue weighted by Crippen LogP contribution is 2.43. The first kappa shape index (κ1) is 35.9. The van der Waals surface area contributed by atoms with Crippen molar-refractivity contribution in [2.75, 3.05) is 0 Å². The molecule has 0 saturated carbocycles. The fraction of sp³-hybridized carbons (Fsp3) is 0.0667. The van der Waals surface area contributed by atoms with Crippen LogP contribution in [0.15, 0.2) is 188 Å². The van der Waals surface area contributed by atoms with E-state index in [0.29, 0.717) is 0 Å². The van der Waals surface area contributed by atoms with E-state index in [1.807, 2.05) is 11.3 Å². The lowest BCUT2D eigenvalue weighted by atomic mass is 9.96. The van der Waals surface area contributed by atoms with E-state index in [0.717, 1.165) is 37.1 Å². The number of rotatable bonds is 5. The monoisotopic (exact) mass is 835 g/mol. The molecule has 0 aliphatic heterocycles. The summed E-state index contributed by atoms with van der Waals surface area (Å²) in [5.41, 5.74) is 18.8. The Balaban J connectivity index is 0.970. The van der Waals surface area contributed by atoms with Crippen molar-refractivity contribution in [2.45, 2.75) is 25.7 Å². The third-order valence-electron chi connectivity index (χ3n) is 14.0. The zero-order valence-corrected chi connectivity index (χ0v) is 35.9. The molecule has 4 heteroatoms. The Morgan fingerprint density at radius 3 is 1.67 bits per heavy atom. The van der Waals surface area contributed by atoms with Gasteiger partial charge in [0.05, 0.1) is 27.6 Å². The third kappa shape index (κ3) is 5.27. The maximum absolute atomic E-state index is 2.52. The molecule has 3 nitrogen and oxygen atoms in total. The molecule has 4 heterocycles. The molecule has 64 heavy (non-hydrogen) atoms. The van der Waals surface area contributed by atoms with Crippen molar-refractivity contribution < 1.29 is 0 Å². The van der Waals surface area contributed by atoms with E-state index in [4.69, 9.17) is 0 Å². The predicted octanol–water partition coefficient (Wildman–Crippen LogP) is 16.3. The molecule has 302 valence electrons. The summed E-state index contributed by atoms with van der Waals surface area (Å²) in [7, 11) is 0. The molecule has 8 aromatic carbocycles. The molecule has 0 radical (unpaired) electrons. The molecule has 2 aliphatic carbocycles. The molecule has 0 spiro atoms. The molecule has 14 rings (SSSR count). The molecule has 0 fully saturated rings. The van der Waals surface area contributed by atoms with E-state index < -0.39 is 0 Å². The number of allylic oxidation sites excluding steroid dienone is 2. The lowest BCUT2D eigenvalue weighted by Gasteiger charge is -2.14. The maximum Gasteiger partial charge on any atom is 0.0542 e. The lowest BCUT2D eigenvalue weighted by molar-refractivity contribution is 0.889. The van der Waals surface area contributed by atoms with Gasteiger partial charge in [0.2, 0.25) is 0 Å². The van der Waals surface area contributed by atoms with Crippen molar-refractivity contribution in [3.05, 3.63) is 210 Å². The molecule has 0 atom stereocenters. The Morgan fingerprint density at radius 1 is 0.375 bits per heavy atom. The molecule has 4 aromatic heterocycles. The Bertz CT molecular complexity index is 3920. The quantitative estimate of drug-likeness (QED) is 0.164. The summed E-state index contributed by atoms with van der Waals surface area (Å²) in [6.07, 6.45) is 13.6. The number of para-hydroxylation sites is 3. The van der Waals surface area contributed by atoms with Crippen LogP contribution in [0.5, 0.6) is 0 Å². The van der Waals surface area contributed by atoms with Gasteiger partial charge in [-0.05, 0) is 138 Å². The van der Waals surface area contributed by atoms with Crippen LogP contribution in [0, 0.1) is 0 Å². The number of aromatic nitrogens is 3. The second-order valence-corrected chi connectivity index (χ2v) is 18.5. The highest BCUT2D eigenvalue weighted by atomic mass is 32.1. The van der Waals surface area contributed by atoms with Crippen molar-refractivity contribution in [3.8, 4) is 39.3 Å². The molecule has 0 amide bonds. The second-order valence-electron chi connectivity index (χ2n) is 17.5. The van der Waals surface area contributed by atoms with Crippen molar-refractivity contribution in [3.63, 3.8) is 0 Å². The van der Waals surface area contributed by atoms with Gasteiger partial charge in [0.25, 0.3) is 0 Å². The second kappa shape index (κ2) is 13.9. The minimum absolute atomic E-state index is 1.02. The standard InChI is InChI=1S/C60H41N3S/c1-6-25-53-45(18-1)46-19-2-7-26-54(46)62(53)42-30-32-57-51(36-42)52-37-43(63-55-27-8-3-20-47(55)48-21-4-9-28-56(48)63)31-33-58(52)61(57)41-17-12-15-39(35-41)38-14-11-16-40(34-38)44-23-13-24-50-49-22-5-10-29-59(49)64-60(44)50/h1-4,6-8,10-21,23-27,29-37H,5,9,22,28H2. The summed E-state index contributed by atoms with van der Waals surface area (Å²) in [6.45, 7) is 0. The molecule has 0 bridgehead atoms. The molecule has 0 N–H and O–H groups in total. The first-order valence-electron chi connectivity index (χ1n) is 22.5. The van der Waals surface area contributed by atoms with Crippen LogP contribution in [0.2, 0.25) is 0 Å². The Kier molecular flexibility index (Phi) is 7.81. The van der Waals surface area contributed by atoms with Crippen molar-refractivity contribution in [1.82, 2.24) is 13.7 Å². The van der Waals surface area contributed by atoms with E-state index >= 15 is 0 Å². The maximum atomic E-state index is 2.52. The van der Waals surface area contributed by atoms with Gasteiger partial charge in [-0.1, -0.05) is 121 Å². The van der Waals surface area contributed by atoms with E-state index in [1.165, 1.54) is 114 Å². The number of benzene rings is 8. The Morgan fingerprint density at radius 2 is 0.922 bits per heavy atom. The van der Waals surface area contributed by atoms with Gasteiger partial charge in [-0.15, -0.1) is 11.3 Å². The Hall–Kier alpha value is -7.66. The fourth-order valence-corrected chi connectivity index (χ4v) is 12.5. The number of hydrogen-bond acceptors (Lipinski definition) is 1. The predicted molar refractivity (Wildman–Crippen MR) is 273 cm³/mol. The van der Waals surface area contributed by atoms with Gasteiger partial charge >= 0.3 is 0 Å². The molecule has 0 unspecified atom stereocenters. The minimum atomic E-state index is 1.02. The van der Waals surface area contributed by atoms with Crippen molar-refractivity contribution in [1.29, 1.82) is 0 Å². The summed E-state index contributed by atoms with van der Waals surface area (Å²) in [5.74, 6) is 0. The summed E-state index contributed by atoms with van der Waals surface area (Å²) >= 11 is 1.94. The number of hydrogen-bond donors (Lipinski definition) is 0. The van der Waals surface area contributed by atoms with Gasteiger partial charge < -0.3 is 13.7 Å². The van der Waals surface area contributed by atoms with Gasteiger partial charge in [0, 0.05) is 64.8 Å². The average Bonchev–Trinajstić information content (AvgIpc) is 4.10. The molecule has 0 saturated heterocycles. The van der Waals surface area contributed by atoms with Gasteiger partial charge in [-0.25, -0.2) is 0 Å². The fourth-order valence-electron chi connectivity index (χ4n) is 11.1. The summed E-state index contributed by atoms with van der Waals surface area (Å²) < 4.78 is 8.83. The summed E-state index contributed by atoms with van der Waals surface area (Å²) in [6, 6.07) is 65.8. The topological polar surface area (TPSA) is 14.8 Å². The van der Waals surface area contributed by atoms with E-state index in [2.05, 4.69) is 214 Å². The summed E-state index contributed by atoms with van der Waals surface area (Å²) in [5, 5.41) is 7.73. The number of fused-ring (bicyclic) bond motifs is 12. The SMILES string of the molecule is C1=Cc2sc3c(-c4cccc(-c5cccc(-n6c7ccc(-n8c9c(c%10ccccc%108)C=CCC9)cc7c7cc(-n8c9ccccc9c9ccccc98)ccc76)c5)c4)cccc3c2CC1. The number of nitrogens with zero attached hydrogens (tertiary/aromatic N) is 3. The van der Waals surface area contributed by atoms with Crippen molar-refractivity contribution >= 4 is 88.1 Å². The first-order valence-corrected chi connectivity index (χ1v) is 23.3. The van der Waals surface area contributed by atoms with Crippen LogP contribution in [0.4, 0.5) is 0 Å². The zero-order valence-electron chi connectivity index (χ0n) is 35.1. The van der Waals surface area contributed by atoms with Crippen LogP contribution in [0.3, 0.4) is 0 Å². The van der Waals surface area contributed by atoms with Gasteiger partial charge in [-0.2, -0.15) is 0 Å². The lowest BCUT2D eigenvalue weighted by Crippen LogP contribution is -2.03. The minimum Gasteiger partial charge on any atom is -0.313 e. The van der Waals surface area contributed by atoms with Gasteiger partial charge in [0.1, 0.15) is 0 Å². The highest BCUT2D eigenvalue weighted by molar-refractivity contribution is 7.20. The molecular weight excluding hydrogens is 795 g/mol. The van der Waals surface area contributed by atoms with Gasteiger partial charge in [0.15, 0.2) is 0 Å². The van der Waals surface area contributed by atoms with E-state index in [-0.39, 0.29) is 0 Å². The molecule has 12 aromatic rings. The highest BCUT2D eigenvalue weighted by Gasteiger charge is 2.22. The van der Waals surface area contributed by atoms with Crippen LogP contribution in [0.25, 0.3) is 116 Å². The largest absolute Gasteiger partial charge is 0.313 e. The summed E-state index contributed by atoms with van der Waals surface area (Å²) in [4.78, 5) is 1.41. The van der Waals surface area contributed by atoms with Crippen molar-refractivity contribution in [2.24, 2.45) is 0 Å².